The summed E-state index contributed by atoms with van der Waals surface area (Å²) in [5.74, 6) is 0. The molecule has 0 radical (unpaired) electrons. The van der Waals surface area contributed by atoms with Gasteiger partial charge in [-0.15, -0.1) is 11.3 Å². The monoisotopic (exact) mass is 277 g/mol. The Morgan fingerprint density at radius 1 is 1.26 bits per heavy atom. The first-order valence-electron chi connectivity index (χ1n) is 7.62. The van der Waals surface area contributed by atoms with Gasteiger partial charge in [0.2, 0.25) is 0 Å². The van der Waals surface area contributed by atoms with Crippen molar-refractivity contribution in [1.82, 2.24) is 15.2 Å². The van der Waals surface area contributed by atoms with E-state index >= 15 is 0 Å². The van der Waals surface area contributed by atoms with Crippen LogP contribution in [0.15, 0.2) is 0 Å². The number of nitrogens with zero attached hydrogens (tertiary/aromatic N) is 2. The maximum Gasteiger partial charge on any atom is 0.115 e. The summed E-state index contributed by atoms with van der Waals surface area (Å²) < 4.78 is 0. The Morgan fingerprint density at radius 2 is 2.05 bits per heavy atom. The Kier molecular flexibility index (Phi) is 2.77. The van der Waals surface area contributed by atoms with E-state index in [2.05, 4.69) is 24.1 Å². The molecule has 19 heavy (non-hydrogen) atoms. The number of hydrogen-bond donors (Lipinski definition) is 1. The first-order chi connectivity index (χ1) is 9.16. The van der Waals surface area contributed by atoms with Crippen molar-refractivity contribution in [1.29, 1.82) is 0 Å². The number of hydrogen-bond acceptors (Lipinski definition) is 4. The third-order valence-electron chi connectivity index (χ3n) is 4.86. The van der Waals surface area contributed by atoms with Crippen molar-refractivity contribution in [3.63, 3.8) is 0 Å². The van der Waals surface area contributed by atoms with Gasteiger partial charge in [-0.05, 0) is 46.0 Å². The molecule has 0 bridgehead atoms. The number of rotatable bonds is 4. The third-order valence-corrected chi connectivity index (χ3v) is 6.13. The van der Waals surface area contributed by atoms with Crippen LogP contribution in [0, 0.1) is 13.8 Å². The maximum atomic E-state index is 4.89. The summed E-state index contributed by atoms with van der Waals surface area (Å²) in [6.07, 6.45) is 6.78. The van der Waals surface area contributed by atoms with Gasteiger partial charge in [0, 0.05) is 30.1 Å². The Labute approximate surface area is 119 Å². The molecule has 2 saturated carbocycles. The fourth-order valence-electron chi connectivity index (χ4n) is 3.24. The summed E-state index contributed by atoms with van der Waals surface area (Å²) in [7, 11) is 0. The van der Waals surface area contributed by atoms with Crippen molar-refractivity contribution >= 4 is 11.3 Å². The van der Waals surface area contributed by atoms with Crippen molar-refractivity contribution in [3.05, 3.63) is 15.6 Å². The highest BCUT2D eigenvalue weighted by atomic mass is 32.1. The van der Waals surface area contributed by atoms with E-state index in [1.54, 1.807) is 0 Å². The molecule has 0 amide bonds. The van der Waals surface area contributed by atoms with E-state index in [9.17, 15) is 0 Å². The van der Waals surface area contributed by atoms with E-state index in [0.29, 0.717) is 0 Å². The number of aromatic nitrogens is 1. The van der Waals surface area contributed by atoms with Crippen LogP contribution in [-0.2, 0) is 5.54 Å². The molecule has 3 fully saturated rings. The van der Waals surface area contributed by atoms with Crippen molar-refractivity contribution < 1.29 is 0 Å². The first-order valence-corrected chi connectivity index (χ1v) is 8.44. The van der Waals surface area contributed by atoms with Crippen LogP contribution in [0.4, 0.5) is 0 Å². The number of likely N-dealkylation sites (tertiary alicyclic amines) is 1. The van der Waals surface area contributed by atoms with Crippen LogP contribution in [0.5, 0.6) is 0 Å². The maximum absolute atomic E-state index is 4.89. The second-order valence-corrected chi connectivity index (χ2v) is 7.82. The average molecular weight is 277 g/mol. The summed E-state index contributed by atoms with van der Waals surface area (Å²) in [6, 6.07) is 1.63. The lowest BCUT2D eigenvalue weighted by Gasteiger charge is -2.29. The molecule has 2 aliphatic carbocycles. The summed E-state index contributed by atoms with van der Waals surface area (Å²) >= 11 is 1.91. The van der Waals surface area contributed by atoms with Gasteiger partial charge in [-0.2, -0.15) is 0 Å². The van der Waals surface area contributed by atoms with Gasteiger partial charge in [0.05, 0.1) is 11.2 Å². The average Bonchev–Trinajstić information content (AvgIpc) is 3.29. The van der Waals surface area contributed by atoms with E-state index < -0.39 is 0 Å². The summed E-state index contributed by atoms with van der Waals surface area (Å²) in [5, 5.41) is 5.29. The lowest BCUT2D eigenvalue weighted by molar-refractivity contribution is 0.272. The lowest BCUT2D eigenvalue weighted by atomic mass is 9.99. The minimum atomic E-state index is 0.160. The van der Waals surface area contributed by atoms with Crippen LogP contribution in [0.2, 0.25) is 0 Å². The van der Waals surface area contributed by atoms with Crippen molar-refractivity contribution in [2.45, 2.75) is 63.6 Å². The molecule has 1 atom stereocenters. The number of thiazole rings is 1. The zero-order valence-corrected chi connectivity index (χ0v) is 12.7. The minimum Gasteiger partial charge on any atom is -0.301 e. The van der Waals surface area contributed by atoms with Crippen LogP contribution >= 0.6 is 11.3 Å². The van der Waals surface area contributed by atoms with Crippen molar-refractivity contribution in [2.24, 2.45) is 0 Å². The zero-order chi connectivity index (χ0) is 13.0. The predicted octanol–water partition coefficient (Wildman–Crippen LogP) is 2.58. The van der Waals surface area contributed by atoms with Crippen molar-refractivity contribution in [2.75, 3.05) is 13.1 Å². The molecule has 3 aliphatic rings. The number of aryl methyl sites for hydroxylation is 2. The van der Waals surface area contributed by atoms with E-state index in [4.69, 9.17) is 4.98 Å². The predicted molar refractivity (Wildman–Crippen MR) is 78.6 cm³/mol. The van der Waals surface area contributed by atoms with Crippen molar-refractivity contribution in [3.8, 4) is 0 Å². The molecule has 3 nitrogen and oxygen atoms in total. The first kappa shape index (κ1) is 12.3. The molecule has 104 valence electrons. The molecule has 1 aromatic rings. The van der Waals surface area contributed by atoms with Gasteiger partial charge in [0.25, 0.3) is 0 Å². The molecule has 2 heterocycles. The van der Waals surface area contributed by atoms with E-state index in [0.717, 1.165) is 12.1 Å². The molecule has 0 aromatic carbocycles. The highest BCUT2D eigenvalue weighted by molar-refractivity contribution is 7.11. The zero-order valence-electron chi connectivity index (χ0n) is 11.9. The van der Waals surface area contributed by atoms with E-state index in [-0.39, 0.29) is 5.54 Å². The number of nitrogens with one attached hydrogen (secondary N) is 1. The van der Waals surface area contributed by atoms with Gasteiger partial charge in [0.15, 0.2) is 0 Å². The van der Waals surface area contributed by atoms with Gasteiger partial charge in [-0.1, -0.05) is 0 Å². The lowest BCUT2D eigenvalue weighted by Crippen LogP contribution is -2.46. The SMILES string of the molecule is Cc1nc(C2(NC3CC3)CCN(C3CC3)C2)sc1C. The molecular formula is C15H23N3S. The van der Waals surface area contributed by atoms with E-state index in [1.165, 1.54) is 60.8 Å². The summed E-state index contributed by atoms with van der Waals surface area (Å²) in [4.78, 5) is 8.97. The quantitative estimate of drug-likeness (QED) is 0.917. The summed E-state index contributed by atoms with van der Waals surface area (Å²) in [5.41, 5.74) is 1.38. The van der Waals surface area contributed by atoms with Crippen LogP contribution in [0.3, 0.4) is 0 Å². The Morgan fingerprint density at radius 3 is 2.63 bits per heavy atom. The normalized spacial score (nSPS) is 32.1. The topological polar surface area (TPSA) is 28.2 Å². The van der Waals surface area contributed by atoms with Crippen LogP contribution < -0.4 is 5.32 Å². The van der Waals surface area contributed by atoms with Gasteiger partial charge < -0.3 is 5.32 Å². The van der Waals surface area contributed by atoms with Gasteiger partial charge >= 0.3 is 0 Å². The molecule has 0 spiro atoms. The second-order valence-electron chi connectivity index (χ2n) is 6.61. The van der Waals surface area contributed by atoms with Gasteiger partial charge in [0.1, 0.15) is 5.01 Å². The molecule has 1 N–H and O–H groups in total. The molecule has 4 rings (SSSR count). The fourth-order valence-corrected chi connectivity index (χ4v) is 4.33. The molecule has 1 unspecified atom stereocenters. The fraction of sp³-hybridized carbons (Fsp3) is 0.800. The Hall–Kier alpha value is -0.450. The summed E-state index contributed by atoms with van der Waals surface area (Å²) in [6.45, 7) is 6.78. The molecule has 1 saturated heterocycles. The smallest absolute Gasteiger partial charge is 0.115 e. The largest absolute Gasteiger partial charge is 0.301 e. The highest BCUT2D eigenvalue weighted by Crippen LogP contribution is 2.42. The van der Waals surface area contributed by atoms with E-state index in [1.807, 2.05) is 11.3 Å². The van der Waals surface area contributed by atoms with Crippen LogP contribution in [0.25, 0.3) is 0 Å². The Balaban J connectivity index is 1.63. The third kappa shape index (κ3) is 2.24. The second kappa shape index (κ2) is 4.27. The minimum absolute atomic E-state index is 0.160. The molecule has 4 heteroatoms. The van der Waals surface area contributed by atoms with Crippen LogP contribution in [0.1, 0.15) is 47.7 Å². The molecule has 1 aromatic heterocycles. The van der Waals surface area contributed by atoms with Crippen LogP contribution in [-0.4, -0.2) is 35.1 Å². The van der Waals surface area contributed by atoms with Gasteiger partial charge in [-0.3, -0.25) is 4.90 Å². The molecular weight excluding hydrogens is 254 g/mol. The molecule has 1 aliphatic heterocycles. The highest BCUT2D eigenvalue weighted by Gasteiger charge is 2.48. The standard InChI is InChI=1S/C15H23N3S/c1-10-11(2)19-14(16-10)15(17-12-3-4-12)7-8-18(9-15)13-5-6-13/h12-13,17H,3-9H2,1-2H3. The van der Waals surface area contributed by atoms with Gasteiger partial charge in [-0.25, -0.2) is 4.98 Å². The Bertz CT molecular complexity index is 470.